The van der Waals surface area contributed by atoms with Gasteiger partial charge in [0.05, 0.1) is 11.9 Å². The number of hydrogen-bond donors (Lipinski definition) is 2. The number of carbonyl (C=O) groups is 1. The third-order valence-corrected chi connectivity index (χ3v) is 1.96. The van der Waals surface area contributed by atoms with Crippen LogP contribution in [-0.4, -0.2) is 27.6 Å². The van der Waals surface area contributed by atoms with Crippen molar-refractivity contribution < 1.29 is 9.90 Å². The normalized spacial score (nSPS) is 10.2. The van der Waals surface area contributed by atoms with E-state index in [1.165, 1.54) is 6.20 Å². The molecule has 0 amide bonds. The average Bonchev–Trinajstić information content (AvgIpc) is 2.25. The maximum atomic E-state index is 11.0. The zero-order valence-electron chi connectivity index (χ0n) is 9.40. The van der Waals surface area contributed by atoms with Gasteiger partial charge in [0, 0.05) is 12.5 Å². The van der Waals surface area contributed by atoms with E-state index in [1.807, 2.05) is 13.8 Å². The van der Waals surface area contributed by atoms with Crippen LogP contribution in [0.4, 0.5) is 5.69 Å². The van der Waals surface area contributed by atoms with Crippen LogP contribution in [0.3, 0.4) is 0 Å². The largest absolute Gasteiger partial charge is 0.476 e. The predicted octanol–water partition coefficient (Wildman–Crippen LogP) is 1.90. The Kier molecular flexibility index (Phi) is 3.99. The number of hydrogen-bond acceptors (Lipinski definition) is 4. The van der Waals surface area contributed by atoms with Gasteiger partial charge in [0.2, 0.25) is 0 Å². The van der Waals surface area contributed by atoms with Gasteiger partial charge in [-0.25, -0.2) is 14.8 Å². The fraction of sp³-hybridized carbons (Fsp3) is 0.364. The summed E-state index contributed by atoms with van der Waals surface area (Å²) in [5, 5.41) is 11.9. The molecule has 0 bridgehead atoms. The van der Waals surface area contributed by atoms with Crippen molar-refractivity contribution in [3.8, 4) is 0 Å². The highest BCUT2D eigenvalue weighted by Gasteiger charge is 2.14. The molecule has 1 aromatic rings. The molecule has 5 nitrogen and oxygen atoms in total. The number of aromatic nitrogens is 2. The second-order valence-corrected chi connectivity index (χ2v) is 3.62. The first-order valence-corrected chi connectivity index (χ1v) is 5.01. The molecule has 0 aliphatic heterocycles. The standard InChI is InChI=1S/C11H15N3O2/c1-4-5-12-8-6-13-10(7(2)3)14-9(8)11(15)16/h4,6-7,12H,1,5H2,2-3H3,(H,15,16). The zero-order chi connectivity index (χ0) is 12.1. The Morgan fingerprint density at radius 2 is 2.38 bits per heavy atom. The molecule has 0 saturated carbocycles. The molecular formula is C11H15N3O2. The van der Waals surface area contributed by atoms with E-state index in [4.69, 9.17) is 5.11 Å². The van der Waals surface area contributed by atoms with Crippen LogP contribution >= 0.6 is 0 Å². The summed E-state index contributed by atoms with van der Waals surface area (Å²) in [6.45, 7) is 7.85. The minimum absolute atomic E-state index is 0.000509. The Bertz CT molecular complexity index is 402. The number of carboxylic acids is 1. The number of carboxylic acid groups (broad SMARTS) is 1. The van der Waals surface area contributed by atoms with Crippen LogP contribution in [0.5, 0.6) is 0 Å². The molecule has 0 aliphatic carbocycles. The lowest BCUT2D eigenvalue weighted by Gasteiger charge is -2.09. The fourth-order valence-corrected chi connectivity index (χ4v) is 1.15. The second kappa shape index (κ2) is 5.25. The number of nitrogens with one attached hydrogen (secondary N) is 1. The van der Waals surface area contributed by atoms with Crippen molar-refractivity contribution in [3.63, 3.8) is 0 Å². The van der Waals surface area contributed by atoms with Gasteiger partial charge in [-0.3, -0.25) is 0 Å². The Balaban J connectivity index is 3.09. The van der Waals surface area contributed by atoms with E-state index in [0.717, 1.165) is 0 Å². The van der Waals surface area contributed by atoms with Crippen molar-refractivity contribution in [2.75, 3.05) is 11.9 Å². The number of nitrogens with zero attached hydrogens (tertiary/aromatic N) is 2. The van der Waals surface area contributed by atoms with Crippen LogP contribution < -0.4 is 5.32 Å². The molecule has 1 heterocycles. The van der Waals surface area contributed by atoms with Crippen LogP contribution in [0.1, 0.15) is 36.1 Å². The van der Waals surface area contributed by atoms with E-state index in [2.05, 4.69) is 21.9 Å². The van der Waals surface area contributed by atoms with Crippen LogP contribution in [-0.2, 0) is 0 Å². The van der Waals surface area contributed by atoms with Gasteiger partial charge < -0.3 is 10.4 Å². The van der Waals surface area contributed by atoms with Crippen molar-refractivity contribution >= 4 is 11.7 Å². The van der Waals surface area contributed by atoms with Crippen molar-refractivity contribution in [1.82, 2.24) is 9.97 Å². The van der Waals surface area contributed by atoms with Crippen molar-refractivity contribution in [3.05, 3.63) is 30.4 Å². The number of aromatic carboxylic acids is 1. The molecule has 0 unspecified atom stereocenters. The minimum Gasteiger partial charge on any atom is -0.476 e. The molecule has 0 spiro atoms. The molecule has 2 N–H and O–H groups in total. The topological polar surface area (TPSA) is 75.1 Å². The lowest BCUT2D eigenvalue weighted by atomic mass is 10.2. The van der Waals surface area contributed by atoms with Crippen molar-refractivity contribution in [2.24, 2.45) is 0 Å². The van der Waals surface area contributed by atoms with Gasteiger partial charge in [0.1, 0.15) is 5.82 Å². The number of anilines is 1. The molecular weight excluding hydrogens is 206 g/mol. The van der Waals surface area contributed by atoms with Crippen molar-refractivity contribution in [2.45, 2.75) is 19.8 Å². The summed E-state index contributed by atoms with van der Waals surface area (Å²) in [6, 6.07) is 0. The smallest absolute Gasteiger partial charge is 0.356 e. The summed E-state index contributed by atoms with van der Waals surface area (Å²) in [4.78, 5) is 19.1. The van der Waals surface area contributed by atoms with Gasteiger partial charge in [0.15, 0.2) is 5.69 Å². The van der Waals surface area contributed by atoms with Crippen LogP contribution in [0.2, 0.25) is 0 Å². The Morgan fingerprint density at radius 3 is 2.88 bits per heavy atom. The Hall–Kier alpha value is -1.91. The van der Waals surface area contributed by atoms with E-state index in [0.29, 0.717) is 18.1 Å². The number of rotatable bonds is 5. The van der Waals surface area contributed by atoms with E-state index < -0.39 is 5.97 Å². The van der Waals surface area contributed by atoms with Gasteiger partial charge in [0.25, 0.3) is 0 Å². The predicted molar refractivity (Wildman–Crippen MR) is 61.8 cm³/mol. The average molecular weight is 221 g/mol. The second-order valence-electron chi connectivity index (χ2n) is 3.62. The summed E-state index contributed by atoms with van der Waals surface area (Å²) in [5.41, 5.74) is 0.414. The van der Waals surface area contributed by atoms with Gasteiger partial charge in [-0.1, -0.05) is 19.9 Å². The molecule has 0 aliphatic rings. The highest BCUT2D eigenvalue weighted by Crippen LogP contribution is 2.16. The van der Waals surface area contributed by atoms with E-state index in [-0.39, 0.29) is 11.6 Å². The highest BCUT2D eigenvalue weighted by atomic mass is 16.4. The molecule has 5 heteroatoms. The highest BCUT2D eigenvalue weighted by molar-refractivity contribution is 5.91. The maximum Gasteiger partial charge on any atom is 0.356 e. The third-order valence-electron chi connectivity index (χ3n) is 1.96. The van der Waals surface area contributed by atoms with Gasteiger partial charge in [-0.2, -0.15) is 0 Å². The monoisotopic (exact) mass is 221 g/mol. The first-order chi connectivity index (χ1) is 7.56. The van der Waals surface area contributed by atoms with Gasteiger partial charge in [-0.15, -0.1) is 6.58 Å². The van der Waals surface area contributed by atoms with Crippen molar-refractivity contribution in [1.29, 1.82) is 0 Å². The first-order valence-electron chi connectivity index (χ1n) is 5.01. The summed E-state index contributed by atoms with van der Waals surface area (Å²) in [6.07, 6.45) is 3.14. The molecule has 0 saturated heterocycles. The summed E-state index contributed by atoms with van der Waals surface area (Å²) < 4.78 is 0. The molecule has 1 rings (SSSR count). The van der Waals surface area contributed by atoms with E-state index in [9.17, 15) is 4.79 Å². The molecule has 0 aromatic carbocycles. The maximum absolute atomic E-state index is 11.0. The molecule has 0 atom stereocenters. The molecule has 16 heavy (non-hydrogen) atoms. The molecule has 0 fully saturated rings. The quantitative estimate of drug-likeness (QED) is 0.743. The Labute approximate surface area is 94.2 Å². The SMILES string of the molecule is C=CCNc1cnc(C(C)C)nc1C(=O)O. The van der Waals surface area contributed by atoms with E-state index >= 15 is 0 Å². The molecule has 1 aromatic heterocycles. The van der Waals surface area contributed by atoms with Crippen LogP contribution in [0.25, 0.3) is 0 Å². The third kappa shape index (κ3) is 2.79. The minimum atomic E-state index is -1.06. The first kappa shape index (κ1) is 12.2. The van der Waals surface area contributed by atoms with Crippen LogP contribution in [0, 0.1) is 0 Å². The lowest BCUT2D eigenvalue weighted by Crippen LogP contribution is -2.12. The lowest BCUT2D eigenvalue weighted by molar-refractivity contribution is 0.0691. The zero-order valence-corrected chi connectivity index (χ0v) is 9.40. The van der Waals surface area contributed by atoms with Gasteiger partial charge in [-0.05, 0) is 0 Å². The summed E-state index contributed by atoms with van der Waals surface area (Å²) >= 11 is 0. The van der Waals surface area contributed by atoms with E-state index in [1.54, 1.807) is 6.08 Å². The molecule has 86 valence electrons. The summed E-state index contributed by atoms with van der Waals surface area (Å²) in [5.74, 6) is -0.427. The fourth-order valence-electron chi connectivity index (χ4n) is 1.15. The van der Waals surface area contributed by atoms with Gasteiger partial charge >= 0.3 is 5.97 Å². The Morgan fingerprint density at radius 1 is 1.69 bits per heavy atom. The molecule has 0 radical (unpaired) electrons. The van der Waals surface area contributed by atoms with Crippen LogP contribution in [0.15, 0.2) is 18.9 Å². The summed E-state index contributed by atoms with van der Waals surface area (Å²) in [7, 11) is 0.